The Morgan fingerprint density at radius 1 is 1.19 bits per heavy atom. The number of nitrogens with zero attached hydrogens (tertiary/aromatic N) is 8. The van der Waals surface area contributed by atoms with Crippen LogP contribution in [0.25, 0.3) is 28.1 Å². The Balaban J connectivity index is 1.40. The largest absolute Gasteiger partial charge is 0.618 e. The molecule has 6 rings (SSSR count). The molecule has 0 aliphatic heterocycles. The van der Waals surface area contributed by atoms with Gasteiger partial charge in [0, 0.05) is 41.3 Å². The second-order valence-electron chi connectivity index (χ2n) is 10.7. The molecule has 0 bridgehead atoms. The number of carbonyl (C=O) groups excluding carboxylic acids is 1. The van der Waals surface area contributed by atoms with Crippen LogP contribution in [0.2, 0.25) is 5.02 Å². The topological polar surface area (TPSA) is 132 Å². The summed E-state index contributed by atoms with van der Waals surface area (Å²) in [6.07, 6.45) is 1.38. The molecule has 252 valence electrons. The third kappa shape index (κ3) is 6.70. The van der Waals surface area contributed by atoms with E-state index in [1.165, 1.54) is 41.5 Å². The van der Waals surface area contributed by atoms with Crippen LogP contribution in [0.15, 0.2) is 55.2 Å². The van der Waals surface area contributed by atoms with E-state index in [1.54, 1.807) is 0 Å². The zero-order chi connectivity index (χ0) is 36.8. The van der Waals surface area contributed by atoms with Crippen molar-refractivity contribution in [3.63, 3.8) is 0 Å². The van der Waals surface area contributed by atoms with E-state index in [0.717, 1.165) is 12.3 Å². The second kappa shape index (κ2) is 12.9. The zero-order valence-corrected chi connectivity index (χ0v) is 25.0. The van der Waals surface area contributed by atoms with Gasteiger partial charge in [-0.3, -0.25) is 14.2 Å². The quantitative estimate of drug-likeness (QED) is 0.109. The highest BCUT2D eigenvalue weighted by atomic mass is 35.5. The number of ether oxygens (including phenoxy) is 1. The van der Waals surface area contributed by atoms with Crippen LogP contribution in [0.3, 0.4) is 0 Å². The average Bonchev–Trinajstić information content (AvgIpc) is 3.39. The minimum Gasteiger partial charge on any atom is -0.618 e. The highest BCUT2D eigenvalue weighted by molar-refractivity contribution is 6.31. The Labute approximate surface area is 276 Å². The Morgan fingerprint density at radius 3 is 2.65 bits per heavy atom. The van der Waals surface area contributed by atoms with Gasteiger partial charge in [0.2, 0.25) is 11.6 Å². The SMILES string of the molecule is [2H]C([2H])([2H])n1ncc(NC(=O)C2CC2)c1-c1cnn([C@H](CCOC(F)F)c2ccc(-c3c(-n4cc(C(F)(F)F)nn4)ccc(Cl)c3F)c[n+]2[O-])c1. The molecule has 12 nitrogen and oxygen atoms in total. The molecule has 0 spiro atoms. The number of nitrogens with one attached hydrogen (secondary N) is 1. The van der Waals surface area contributed by atoms with Crippen molar-refractivity contribution in [1.82, 2.24) is 34.6 Å². The molecule has 4 aromatic heterocycles. The summed E-state index contributed by atoms with van der Waals surface area (Å²) in [5.74, 6) is -1.64. The van der Waals surface area contributed by atoms with Crippen LogP contribution in [0, 0.1) is 16.9 Å². The minimum absolute atomic E-state index is 0.0334. The summed E-state index contributed by atoms with van der Waals surface area (Å²) in [5.41, 5.74) is -2.07. The molecule has 5 aromatic rings. The number of anilines is 1. The summed E-state index contributed by atoms with van der Waals surface area (Å²) in [6, 6.07) is 3.59. The van der Waals surface area contributed by atoms with Gasteiger partial charge >= 0.3 is 12.8 Å². The third-order valence-electron chi connectivity index (χ3n) is 7.48. The predicted octanol–water partition coefficient (Wildman–Crippen LogP) is 5.54. The van der Waals surface area contributed by atoms with Crippen LogP contribution in [0.1, 0.15) is 40.8 Å². The van der Waals surface area contributed by atoms with Gasteiger partial charge in [0.15, 0.2) is 17.7 Å². The van der Waals surface area contributed by atoms with E-state index in [9.17, 15) is 32.0 Å². The maximum absolute atomic E-state index is 15.5. The van der Waals surface area contributed by atoms with Gasteiger partial charge in [0.25, 0.3) is 0 Å². The van der Waals surface area contributed by atoms with E-state index in [2.05, 4.69) is 30.6 Å². The second-order valence-corrected chi connectivity index (χ2v) is 11.1. The summed E-state index contributed by atoms with van der Waals surface area (Å²) in [6.45, 7) is -6.51. The molecule has 1 atom stereocenters. The van der Waals surface area contributed by atoms with Gasteiger partial charge in [-0.15, -0.1) is 5.10 Å². The van der Waals surface area contributed by atoms with E-state index in [1.807, 2.05) is 0 Å². The first kappa shape index (κ1) is 29.2. The maximum Gasteiger partial charge on any atom is 0.436 e. The summed E-state index contributed by atoms with van der Waals surface area (Å²) < 4.78 is 112. The highest BCUT2D eigenvalue weighted by Crippen LogP contribution is 2.36. The number of alkyl halides is 5. The third-order valence-corrected chi connectivity index (χ3v) is 7.77. The standard InChI is InChI=1S/C29H24ClF6N9O3/c1-42-26(19(11-37-42)39-27(46)15-2-3-15)17-10-38-43(12-17)20(8-9-48-28(32)33)21-6-4-16(13-45(21)47)24-22(7-5-18(30)25(24)31)44-14-23(40-41-44)29(34,35)36/h4-7,10-15,20,28H,2-3,8-9H2,1H3,(H,39,46)/t20-/m1/s1/i1D3. The first-order chi connectivity index (χ1) is 24.0. The number of aryl methyl sites for hydroxylation is 1. The predicted molar refractivity (Wildman–Crippen MR) is 156 cm³/mol. The fourth-order valence-electron chi connectivity index (χ4n) is 5.03. The van der Waals surface area contributed by atoms with Crippen molar-refractivity contribution >= 4 is 23.2 Å². The molecule has 0 radical (unpaired) electrons. The molecule has 0 unspecified atom stereocenters. The van der Waals surface area contributed by atoms with Crippen LogP contribution in [-0.2, 0) is 22.7 Å². The number of rotatable bonds is 11. The molecule has 0 saturated heterocycles. The van der Waals surface area contributed by atoms with Crippen molar-refractivity contribution in [3.8, 4) is 28.1 Å². The molecule has 1 aliphatic carbocycles. The Morgan fingerprint density at radius 2 is 1.98 bits per heavy atom. The fourth-order valence-corrected chi connectivity index (χ4v) is 5.19. The van der Waals surface area contributed by atoms with E-state index < -0.39 is 54.5 Å². The van der Waals surface area contributed by atoms with Crippen LogP contribution in [-0.4, -0.2) is 53.7 Å². The zero-order valence-electron chi connectivity index (χ0n) is 27.2. The number of halogens is 7. The summed E-state index contributed by atoms with van der Waals surface area (Å²) >= 11 is 5.99. The first-order valence-electron chi connectivity index (χ1n) is 15.6. The number of benzene rings is 1. The van der Waals surface area contributed by atoms with Crippen molar-refractivity contribution < 1.29 is 44.7 Å². The lowest BCUT2D eigenvalue weighted by molar-refractivity contribution is -0.615. The van der Waals surface area contributed by atoms with Crippen molar-refractivity contribution in [2.24, 2.45) is 12.9 Å². The molecule has 1 saturated carbocycles. The Hall–Kier alpha value is -4.97. The number of hydrogen-bond donors (Lipinski definition) is 1. The summed E-state index contributed by atoms with van der Waals surface area (Å²) in [4.78, 5) is 12.5. The van der Waals surface area contributed by atoms with Gasteiger partial charge < -0.3 is 15.3 Å². The molecule has 4 heterocycles. The van der Waals surface area contributed by atoms with Gasteiger partial charge in [-0.25, -0.2) is 9.07 Å². The molecule has 48 heavy (non-hydrogen) atoms. The minimum atomic E-state index is -4.85. The molecular formula is C29H24ClF6N9O3. The van der Waals surface area contributed by atoms with Crippen LogP contribution in [0.4, 0.5) is 32.0 Å². The van der Waals surface area contributed by atoms with Crippen molar-refractivity contribution in [1.29, 1.82) is 0 Å². The Bertz CT molecular complexity index is 2080. The van der Waals surface area contributed by atoms with E-state index in [-0.39, 0.29) is 56.9 Å². The van der Waals surface area contributed by atoms with Gasteiger partial charge in [-0.05, 0) is 31.0 Å². The van der Waals surface area contributed by atoms with E-state index in [0.29, 0.717) is 28.4 Å². The summed E-state index contributed by atoms with van der Waals surface area (Å²) in [7, 11) is 0. The Kier molecular flexibility index (Phi) is 7.85. The van der Waals surface area contributed by atoms with Gasteiger partial charge in [0.1, 0.15) is 6.04 Å². The lowest BCUT2D eigenvalue weighted by Gasteiger charge is -2.18. The number of hydrogen-bond acceptors (Lipinski definition) is 7. The normalized spacial score (nSPS) is 15.3. The molecule has 1 aliphatic rings. The number of pyridine rings is 1. The molecule has 1 amide bonds. The monoisotopic (exact) mass is 698 g/mol. The van der Waals surface area contributed by atoms with Gasteiger partial charge in [0.05, 0.1) is 58.4 Å². The lowest BCUT2D eigenvalue weighted by atomic mass is 10.0. The number of amides is 1. The van der Waals surface area contributed by atoms with Crippen molar-refractivity contribution in [3.05, 3.63) is 82.7 Å². The number of carbonyl (C=O) groups is 1. The van der Waals surface area contributed by atoms with Crippen LogP contribution < -0.4 is 10.0 Å². The van der Waals surface area contributed by atoms with Crippen LogP contribution >= 0.6 is 11.6 Å². The van der Waals surface area contributed by atoms with Crippen LogP contribution in [0.5, 0.6) is 0 Å². The van der Waals surface area contributed by atoms with E-state index in [4.69, 9.17) is 15.7 Å². The molecule has 1 N–H and O–H groups in total. The highest BCUT2D eigenvalue weighted by Gasteiger charge is 2.35. The molecule has 1 fully saturated rings. The maximum atomic E-state index is 15.5. The van der Waals surface area contributed by atoms with E-state index >= 15 is 4.39 Å². The van der Waals surface area contributed by atoms with Crippen molar-refractivity contribution in [2.75, 3.05) is 11.9 Å². The van der Waals surface area contributed by atoms with Crippen molar-refractivity contribution in [2.45, 2.75) is 38.1 Å². The average molecular weight is 699 g/mol. The lowest BCUT2D eigenvalue weighted by Crippen LogP contribution is -2.36. The smallest absolute Gasteiger partial charge is 0.436 e. The fraction of sp³-hybridized carbons (Fsp3) is 0.310. The molecule has 19 heteroatoms. The summed E-state index contributed by atoms with van der Waals surface area (Å²) in [5, 5.41) is 30.5. The molecular weight excluding hydrogens is 672 g/mol. The van der Waals surface area contributed by atoms with Gasteiger partial charge in [-0.1, -0.05) is 16.8 Å². The first-order valence-corrected chi connectivity index (χ1v) is 14.5. The number of aromatic nitrogens is 8. The molecule has 1 aromatic carbocycles. The van der Waals surface area contributed by atoms with Gasteiger partial charge in [-0.2, -0.15) is 36.9 Å².